The number of amides is 1. The first-order valence-electron chi connectivity index (χ1n) is 8.01. The van der Waals surface area contributed by atoms with Crippen LogP contribution in [0.25, 0.3) is 0 Å². The van der Waals surface area contributed by atoms with Crippen LogP contribution in [-0.2, 0) is 11.3 Å². The number of aromatic nitrogens is 2. The molecule has 1 aliphatic heterocycles. The Morgan fingerprint density at radius 1 is 1.52 bits per heavy atom. The molecule has 1 fully saturated rings. The summed E-state index contributed by atoms with van der Waals surface area (Å²) in [5.74, 6) is -4.25. The Morgan fingerprint density at radius 3 is 3.04 bits per heavy atom. The molecule has 0 aromatic carbocycles. The van der Waals surface area contributed by atoms with Gasteiger partial charge in [-0.2, -0.15) is 0 Å². The summed E-state index contributed by atoms with van der Waals surface area (Å²) in [7, 11) is 0. The molecule has 1 unspecified atom stereocenters. The number of carbonyl (C=O) groups excluding carboxylic acids is 1. The summed E-state index contributed by atoms with van der Waals surface area (Å²) in [5, 5.41) is 0. The van der Waals surface area contributed by atoms with Crippen molar-refractivity contribution in [2.24, 2.45) is 5.92 Å². The molecule has 3 rings (SSSR count). The van der Waals surface area contributed by atoms with E-state index in [0.717, 1.165) is 5.56 Å². The van der Waals surface area contributed by atoms with E-state index in [1.54, 1.807) is 25.4 Å². The van der Waals surface area contributed by atoms with Gasteiger partial charge in [-0.1, -0.05) is 6.07 Å². The van der Waals surface area contributed by atoms with Crippen LogP contribution in [-0.4, -0.2) is 46.4 Å². The first-order valence-corrected chi connectivity index (χ1v) is 8.01. The zero-order valence-corrected chi connectivity index (χ0v) is 13.8. The molecular formula is C17H19F2N3O3. The number of ether oxygens (including phenoxy) is 1. The van der Waals surface area contributed by atoms with E-state index < -0.39 is 24.2 Å². The van der Waals surface area contributed by atoms with E-state index in [-0.39, 0.29) is 32.1 Å². The summed E-state index contributed by atoms with van der Waals surface area (Å²) >= 11 is 0. The molecule has 1 amide bonds. The number of hydrogen-bond donors (Lipinski definition) is 0. The molecule has 1 atom stereocenters. The highest BCUT2D eigenvalue weighted by atomic mass is 19.3. The van der Waals surface area contributed by atoms with Gasteiger partial charge in [0.25, 0.3) is 11.8 Å². The second-order valence-corrected chi connectivity index (χ2v) is 6.10. The van der Waals surface area contributed by atoms with Gasteiger partial charge in [0, 0.05) is 31.9 Å². The Hall–Kier alpha value is -2.35. The van der Waals surface area contributed by atoms with E-state index in [9.17, 15) is 13.6 Å². The molecule has 3 heterocycles. The fourth-order valence-electron chi connectivity index (χ4n) is 2.79. The average Bonchev–Trinajstić information content (AvgIpc) is 3.02. The molecule has 0 saturated carbocycles. The van der Waals surface area contributed by atoms with Crippen LogP contribution in [0.1, 0.15) is 28.2 Å². The lowest BCUT2D eigenvalue weighted by Gasteiger charge is -2.37. The van der Waals surface area contributed by atoms with Gasteiger partial charge >= 0.3 is 0 Å². The summed E-state index contributed by atoms with van der Waals surface area (Å²) in [5.41, 5.74) is 1.26. The predicted molar refractivity (Wildman–Crippen MR) is 84.1 cm³/mol. The van der Waals surface area contributed by atoms with Crippen molar-refractivity contribution >= 4 is 5.91 Å². The molecule has 0 bridgehead atoms. The number of halogens is 2. The van der Waals surface area contributed by atoms with Crippen LogP contribution in [0.3, 0.4) is 0 Å². The molecule has 8 heteroatoms. The van der Waals surface area contributed by atoms with Crippen molar-refractivity contribution in [1.29, 1.82) is 0 Å². The molecule has 1 aliphatic rings. The molecule has 2 aromatic rings. The van der Waals surface area contributed by atoms with E-state index in [0.29, 0.717) is 5.69 Å². The topological polar surface area (TPSA) is 68.5 Å². The van der Waals surface area contributed by atoms with Gasteiger partial charge in [-0.25, -0.2) is 13.8 Å². The average molecular weight is 351 g/mol. The fraction of sp³-hybridized carbons (Fsp3) is 0.471. The molecule has 134 valence electrons. The Labute approximate surface area is 143 Å². The number of oxazole rings is 1. The van der Waals surface area contributed by atoms with Crippen molar-refractivity contribution < 1.29 is 22.7 Å². The number of pyridine rings is 1. The minimum Gasteiger partial charge on any atom is -0.438 e. The predicted octanol–water partition coefficient (Wildman–Crippen LogP) is 2.69. The number of piperidine rings is 1. The maximum absolute atomic E-state index is 14.2. The summed E-state index contributed by atoms with van der Waals surface area (Å²) in [6.45, 7) is 1.60. The van der Waals surface area contributed by atoms with Crippen molar-refractivity contribution in [1.82, 2.24) is 14.9 Å². The summed E-state index contributed by atoms with van der Waals surface area (Å²) in [6.07, 6.45) is 4.04. The first kappa shape index (κ1) is 17.5. The van der Waals surface area contributed by atoms with E-state index in [2.05, 4.69) is 9.97 Å². The molecule has 0 spiro atoms. The number of hydrogen-bond acceptors (Lipinski definition) is 5. The third-order valence-corrected chi connectivity index (χ3v) is 4.29. The van der Waals surface area contributed by atoms with Crippen molar-refractivity contribution in [3.8, 4) is 0 Å². The SMILES string of the molecule is Cc1ncoc1C(=O)N1CCC(F)(F)C(COCc2cccnc2)C1. The molecule has 0 radical (unpaired) electrons. The minimum absolute atomic E-state index is 0.0227. The van der Waals surface area contributed by atoms with Crippen molar-refractivity contribution in [3.05, 3.63) is 47.9 Å². The second-order valence-electron chi connectivity index (χ2n) is 6.10. The zero-order valence-electron chi connectivity index (χ0n) is 13.8. The Bertz CT molecular complexity index is 721. The number of rotatable bonds is 5. The normalized spacial score (nSPS) is 19.8. The van der Waals surface area contributed by atoms with Gasteiger partial charge in [-0.15, -0.1) is 0 Å². The van der Waals surface area contributed by atoms with Gasteiger partial charge in [-0.05, 0) is 18.6 Å². The summed E-state index contributed by atoms with van der Waals surface area (Å²) < 4.78 is 38.9. The van der Waals surface area contributed by atoms with Crippen LogP contribution in [0.4, 0.5) is 8.78 Å². The lowest BCUT2D eigenvalue weighted by molar-refractivity contribution is -0.124. The molecule has 2 aromatic heterocycles. The monoisotopic (exact) mass is 351 g/mol. The molecule has 0 aliphatic carbocycles. The number of likely N-dealkylation sites (tertiary alicyclic amines) is 1. The van der Waals surface area contributed by atoms with Crippen molar-refractivity contribution in [2.75, 3.05) is 19.7 Å². The van der Waals surface area contributed by atoms with E-state index in [1.807, 2.05) is 6.07 Å². The third-order valence-electron chi connectivity index (χ3n) is 4.29. The van der Waals surface area contributed by atoms with Crippen molar-refractivity contribution in [2.45, 2.75) is 25.9 Å². The highest BCUT2D eigenvalue weighted by Crippen LogP contribution is 2.34. The fourth-order valence-corrected chi connectivity index (χ4v) is 2.79. The number of aryl methyl sites for hydroxylation is 1. The summed E-state index contributed by atoms with van der Waals surface area (Å²) in [4.78, 5) is 21.6. The standard InChI is InChI=1S/C17H19F2N3O3/c1-12-15(25-11-21-12)16(23)22-6-4-17(18,19)14(8-22)10-24-9-13-3-2-5-20-7-13/h2-3,5,7,11,14H,4,6,8-10H2,1H3. The van der Waals surface area contributed by atoms with Crippen LogP contribution < -0.4 is 0 Å². The van der Waals surface area contributed by atoms with Crippen molar-refractivity contribution in [3.63, 3.8) is 0 Å². The number of nitrogens with zero attached hydrogens (tertiary/aromatic N) is 3. The Morgan fingerprint density at radius 2 is 2.36 bits per heavy atom. The molecule has 6 nitrogen and oxygen atoms in total. The maximum Gasteiger partial charge on any atom is 0.291 e. The van der Waals surface area contributed by atoms with Gasteiger partial charge in [0.2, 0.25) is 5.76 Å². The highest BCUT2D eigenvalue weighted by Gasteiger charge is 2.45. The van der Waals surface area contributed by atoms with Crippen LogP contribution in [0.2, 0.25) is 0 Å². The summed E-state index contributed by atoms with van der Waals surface area (Å²) in [6, 6.07) is 3.57. The molecule has 25 heavy (non-hydrogen) atoms. The quantitative estimate of drug-likeness (QED) is 0.828. The molecule has 1 saturated heterocycles. The Kier molecular flexibility index (Phi) is 5.08. The molecule has 0 N–H and O–H groups in total. The second kappa shape index (κ2) is 7.26. The van der Waals surface area contributed by atoms with E-state index in [4.69, 9.17) is 9.15 Å². The zero-order chi connectivity index (χ0) is 17.9. The first-order chi connectivity index (χ1) is 12.0. The van der Waals surface area contributed by atoms with Gasteiger partial charge in [-0.3, -0.25) is 9.78 Å². The van der Waals surface area contributed by atoms with E-state index >= 15 is 0 Å². The van der Waals surface area contributed by atoms with Crippen LogP contribution in [0.5, 0.6) is 0 Å². The van der Waals surface area contributed by atoms with Crippen LogP contribution in [0, 0.1) is 12.8 Å². The van der Waals surface area contributed by atoms with Gasteiger partial charge in [0.1, 0.15) is 0 Å². The third kappa shape index (κ3) is 4.01. The van der Waals surface area contributed by atoms with Gasteiger partial charge in [0.15, 0.2) is 6.39 Å². The van der Waals surface area contributed by atoms with Crippen LogP contribution in [0.15, 0.2) is 35.3 Å². The number of carbonyl (C=O) groups is 1. The minimum atomic E-state index is -2.87. The van der Waals surface area contributed by atoms with Gasteiger partial charge in [0.05, 0.1) is 24.8 Å². The lowest BCUT2D eigenvalue weighted by atomic mass is 9.94. The van der Waals surface area contributed by atoms with Gasteiger partial charge < -0.3 is 14.1 Å². The smallest absolute Gasteiger partial charge is 0.291 e. The van der Waals surface area contributed by atoms with E-state index in [1.165, 1.54) is 11.3 Å². The lowest BCUT2D eigenvalue weighted by Crippen LogP contribution is -2.50. The Balaban J connectivity index is 1.61. The number of alkyl halides is 2. The highest BCUT2D eigenvalue weighted by molar-refractivity contribution is 5.92. The largest absolute Gasteiger partial charge is 0.438 e. The molecular weight excluding hydrogens is 332 g/mol. The van der Waals surface area contributed by atoms with Crippen LogP contribution >= 0.6 is 0 Å². The maximum atomic E-state index is 14.2.